The molecular formula is C14H12BrNO3S. The van der Waals surface area contributed by atoms with Crippen molar-refractivity contribution >= 4 is 44.8 Å². The van der Waals surface area contributed by atoms with Crippen LogP contribution in [0.5, 0.6) is 0 Å². The largest absolute Gasteiger partial charge is 0.465 e. The molecule has 0 atom stereocenters. The van der Waals surface area contributed by atoms with Crippen LogP contribution < -0.4 is 4.90 Å². The van der Waals surface area contributed by atoms with Crippen molar-refractivity contribution in [1.82, 2.24) is 0 Å². The fourth-order valence-corrected chi connectivity index (χ4v) is 2.90. The van der Waals surface area contributed by atoms with E-state index in [9.17, 15) is 9.59 Å². The first-order chi connectivity index (χ1) is 9.54. The summed E-state index contributed by atoms with van der Waals surface area (Å²) in [6.45, 7) is 0. The Kier molecular flexibility index (Phi) is 4.57. The van der Waals surface area contributed by atoms with Crippen LogP contribution in [-0.2, 0) is 4.74 Å². The number of rotatable bonds is 3. The molecular weight excluding hydrogens is 342 g/mol. The molecule has 0 radical (unpaired) electrons. The van der Waals surface area contributed by atoms with Crippen molar-refractivity contribution in [3.05, 3.63) is 50.6 Å². The van der Waals surface area contributed by atoms with Gasteiger partial charge < -0.3 is 9.64 Å². The third-order valence-electron chi connectivity index (χ3n) is 2.79. The summed E-state index contributed by atoms with van der Waals surface area (Å²) in [7, 11) is 2.95. The van der Waals surface area contributed by atoms with E-state index < -0.39 is 5.97 Å². The van der Waals surface area contributed by atoms with Gasteiger partial charge in [0, 0.05) is 12.4 Å². The lowest BCUT2D eigenvalue weighted by Gasteiger charge is -2.19. The fourth-order valence-electron chi connectivity index (χ4n) is 1.77. The van der Waals surface area contributed by atoms with Gasteiger partial charge in [-0.15, -0.1) is 11.3 Å². The van der Waals surface area contributed by atoms with Gasteiger partial charge in [0.05, 0.1) is 27.7 Å². The fraction of sp³-hybridized carbons (Fsp3) is 0.143. The number of thiophene rings is 1. The third kappa shape index (κ3) is 2.91. The van der Waals surface area contributed by atoms with Gasteiger partial charge in [0.1, 0.15) is 0 Å². The van der Waals surface area contributed by atoms with Gasteiger partial charge in [-0.2, -0.15) is 0 Å². The summed E-state index contributed by atoms with van der Waals surface area (Å²) in [5, 5.41) is 1.77. The average Bonchev–Trinajstić information content (AvgIpc) is 2.91. The number of carbonyl (C=O) groups excluding carboxylic acids is 2. The summed E-state index contributed by atoms with van der Waals surface area (Å²) in [6, 6.07) is 8.61. The van der Waals surface area contributed by atoms with Gasteiger partial charge in [0.15, 0.2) is 0 Å². The number of esters is 1. The highest BCUT2D eigenvalue weighted by Gasteiger charge is 2.20. The van der Waals surface area contributed by atoms with Crippen LogP contribution >= 0.6 is 27.3 Å². The molecule has 0 aliphatic rings. The van der Waals surface area contributed by atoms with E-state index in [2.05, 4.69) is 15.9 Å². The van der Waals surface area contributed by atoms with Crippen molar-refractivity contribution in [3.8, 4) is 0 Å². The summed E-state index contributed by atoms with van der Waals surface area (Å²) in [5.74, 6) is -0.643. The number of methoxy groups -OCH3 is 1. The lowest BCUT2D eigenvalue weighted by atomic mass is 10.1. The van der Waals surface area contributed by atoms with Crippen LogP contribution in [-0.4, -0.2) is 26.0 Å². The highest BCUT2D eigenvalue weighted by atomic mass is 79.9. The second-order valence-corrected chi connectivity index (χ2v) is 6.30. The quantitative estimate of drug-likeness (QED) is 0.792. The van der Waals surface area contributed by atoms with Gasteiger partial charge in [0.2, 0.25) is 0 Å². The zero-order valence-electron chi connectivity index (χ0n) is 10.9. The second-order valence-electron chi connectivity index (χ2n) is 4.01. The van der Waals surface area contributed by atoms with Crippen LogP contribution in [0, 0.1) is 0 Å². The molecule has 20 heavy (non-hydrogen) atoms. The Labute approximate surface area is 129 Å². The average molecular weight is 354 g/mol. The molecule has 0 saturated heterocycles. The van der Waals surface area contributed by atoms with Crippen molar-refractivity contribution < 1.29 is 14.3 Å². The number of halogens is 1. The first-order valence-corrected chi connectivity index (χ1v) is 7.41. The molecule has 1 amide bonds. The van der Waals surface area contributed by atoms with Crippen LogP contribution in [0.3, 0.4) is 0 Å². The Balaban J connectivity index is 2.36. The molecule has 6 heteroatoms. The number of amides is 1. The van der Waals surface area contributed by atoms with Crippen molar-refractivity contribution in [3.63, 3.8) is 0 Å². The van der Waals surface area contributed by atoms with Gasteiger partial charge in [-0.1, -0.05) is 12.1 Å². The lowest BCUT2D eigenvalue weighted by molar-refractivity contribution is 0.0601. The highest BCUT2D eigenvalue weighted by Crippen LogP contribution is 2.25. The number of anilines is 1. The SMILES string of the molecule is COC(=O)c1ccccc1N(C)C(=O)c1csc(Br)c1. The van der Waals surface area contributed by atoms with Crippen LogP contribution in [0.2, 0.25) is 0 Å². The van der Waals surface area contributed by atoms with Crippen LogP contribution in [0.25, 0.3) is 0 Å². The van der Waals surface area contributed by atoms with Crippen molar-refractivity contribution in [2.24, 2.45) is 0 Å². The first-order valence-electron chi connectivity index (χ1n) is 5.74. The molecule has 0 bridgehead atoms. The van der Waals surface area contributed by atoms with Crippen molar-refractivity contribution in [1.29, 1.82) is 0 Å². The normalized spacial score (nSPS) is 10.2. The molecule has 0 saturated carbocycles. The Morgan fingerprint density at radius 1 is 1.30 bits per heavy atom. The summed E-state index contributed by atoms with van der Waals surface area (Å²) < 4.78 is 5.62. The monoisotopic (exact) mass is 353 g/mol. The third-order valence-corrected chi connectivity index (χ3v) is 4.29. The predicted molar refractivity (Wildman–Crippen MR) is 82.5 cm³/mol. The Morgan fingerprint density at radius 3 is 2.60 bits per heavy atom. The zero-order valence-corrected chi connectivity index (χ0v) is 13.3. The highest BCUT2D eigenvalue weighted by molar-refractivity contribution is 9.11. The Hall–Kier alpha value is -1.66. The van der Waals surface area contributed by atoms with E-state index in [0.29, 0.717) is 16.8 Å². The van der Waals surface area contributed by atoms with Crippen LogP contribution in [0.15, 0.2) is 39.5 Å². The maximum Gasteiger partial charge on any atom is 0.339 e. The molecule has 2 rings (SSSR count). The number of nitrogens with zero attached hydrogens (tertiary/aromatic N) is 1. The number of hydrogen-bond donors (Lipinski definition) is 0. The van der Waals surface area contributed by atoms with E-state index in [0.717, 1.165) is 3.79 Å². The summed E-state index contributed by atoms with van der Waals surface area (Å²) in [4.78, 5) is 25.6. The van der Waals surface area contributed by atoms with Gasteiger partial charge in [-0.3, -0.25) is 4.79 Å². The second kappa shape index (κ2) is 6.19. The number of hydrogen-bond acceptors (Lipinski definition) is 4. The van der Waals surface area contributed by atoms with Gasteiger partial charge in [-0.05, 0) is 34.1 Å². The van der Waals surface area contributed by atoms with E-state index in [4.69, 9.17) is 4.74 Å². The van der Waals surface area contributed by atoms with E-state index in [1.165, 1.54) is 23.3 Å². The van der Waals surface area contributed by atoms with E-state index >= 15 is 0 Å². The molecule has 1 aromatic carbocycles. The number of para-hydroxylation sites is 1. The Morgan fingerprint density at radius 2 is 2.00 bits per heavy atom. The topological polar surface area (TPSA) is 46.6 Å². The number of benzene rings is 1. The molecule has 1 aromatic heterocycles. The van der Waals surface area contributed by atoms with E-state index in [1.54, 1.807) is 42.8 Å². The molecule has 1 heterocycles. The molecule has 0 spiro atoms. The standard InChI is InChI=1S/C14H12BrNO3S/c1-16(13(17)9-7-12(15)20-8-9)11-6-4-3-5-10(11)14(18)19-2/h3-8H,1-2H3. The number of ether oxygens (including phenoxy) is 1. The Bertz CT molecular complexity index is 653. The molecule has 104 valence electrons. The molecule has 4 nitrogen and oxygen atoms in total. The molecule has 0 unspecified atom stereocenters. The molecule has 2 aromatic rings. The minimum absolute atomic E-state index is 0.177. The van der Waals surface area contributed by atoms with E-state index in [1.807, 2.05) is 0 Å². The summed E-state index contributed by atoms with van der Waals surface area (Å²) >= 11 is 4.77. The maximum absolute atomic E-state index is 12.4. The van der Waals surface area contributed by atoms with E-state index in [-0.39, 0.29) is 5.91 Å². The summed E-state index contributed by atoms with van der Waals surface area (Å²) in [5.41, 5.74) is 1.45. The van der Waals surface area contributed by atoms with Crippen molar-refractivity contribution in [2.45, 2.75) is 0 Å². The maximum atomic E-state index is 12.4. The molecule has 0 N–H and O–H groups in total. The molecule has 0 fully saturated rings. The van der Waals surface area contributed by atoms with Gasteiger partial charge in [-0.25, -0.2) is 4.79 Å². The molecule has 0 aliphatic carbocycles. The van der Waals surface area contributed by atoms with Crippen LogP contribution in [0.4, 0.5) is 5.69 Å². The minimum atomic E-state index is -0.466. The van der Waals surface area contributed by atoms with Gasteiger partial charge >= 0.3 is 5.97 Å². The smallest absolute Gasteiger partial charge is 0.339 e. The minimum Gasteiger partial charge on any atom is -0.465 e. The zero-order chi connectivity index (χ0) is 14.7. The number of carbonyl (C=O) groups is 2. The molecule has 0 aliphatic heterocycles. The predicted octanol–water partition coefficient (Wildman–Crippen LogP) is 3.57. The summed E-state index contributed by atoms with van der Waals surface area (Å²) in [6.07, 6.45) is 0. The van der Waals surface area contributed by atoms with Crippen molar-refractivity contribution in [2.75, 3.05) is 19.1 Å². The van der Waals surface area contributed by atoms with Crippen LogP contribution in [0.1, 0.15) is 20.7 Å². The lowest BCUT2D eigenvalue weighted by Crippen LogP contribution is -2.27. The van der Waals surface area contributed by atoms with Gasteiger partial charge in [0.25, 0.3) is 5.91 Å². The first kappa shape index (κ1) is 14.7.